The number of carbonyl (C=O) groups is 2. The molecule has 1 unspecified atom stereocenters. The summed E-state index contributed by atoms with van der Waals surface area (Å²) in [4.78, 5) is 29.7. The predicted molar refractivity (Wildman–Crippen MR) is 135 cm³/mol. The maximum atomic E-state index is 13.5. The molecule has 0 saturated heterocycles. The van der Waals surface area contributed by atoms with Crippen LogP contribution in [-0.2, 0) is 11.3 Å². The van der Waals surface area contributed by atoms with Crippen LogP contribution in [0.5, 0.6) is 0 Å². The lowest BCUT2D eigenvalue weighted by molar-refractivity contribution is -0.137. The molecule has 0 aliphatic heterocycles. The van der Waals surface area contributed by atoms with E-state index in [2.05, 4.69) is 5.32 Å². The molecule has 0 heterocycles. The van der Waals surface area contributed by atoms with Gasteiger partial charge in [-0.25, -0.2) is 4.39 Å². The second-order valence-electron chi connectivity index (χ2n) is 8.91. The summed E-state index contributed by atoms with van der Waals surface area (Å²) in [6.45, 7) is 6.20. The van der Waals surface area contributed by atoms with Crippen LogP contribution in [0.3, 0.4) is 0 Å². The van der Waals surface area contributed by atoms with Crippen molar-refractivity contribution in [3.63, 3.8) is 0 Å². The summed E-state index contributed by atoms with van der Waals surface area (Å²) < 4.78 is 13.5. The van der Waals surface area contributed by atoms with Crippen molar-refractivity contribution in [1.82, 2.24) is 4.90 Å². The van der Waals surface area contributed by atoms with Crippen LogP contribution in [-0.4, -0.2) is 30.8 Å². The van der Waals surface area contributed by atoms with Gasteiger partial charge in [-0.05, 0) is 54.4 Å². The molecule has 0 spiro atoms. The topological polar surface area (TPSA) is 52.7 Å². The maximum absolute atomic E-state index is 13.5. The van der Waals surface area contributed by atoms with Crippen LogP contribution >= 0.6 is 0 Å². The van der Waals surface area contributed by atoms with Gasteiger partial charge in [0.2, 0.25) is 5.91 Å². The van der Waals surface area contributed by atoms with E-state index in [1.807, 2.05) is 93.2 Å². The van der Waals surface area contributed by atoms with Gasteiger partial charge in [-0.15, -0.1) is 0 Å². The lowest BCUT2D eigenvalue weighted by Crippen LogP contribution is -2.36. The van der Waals surface area contributed by atoms with Crippen molar-refractivity contribution in [1.29, 1.82) is 0 Å². The van der Waals surface area contributed by atoms with Crippen molar-refractivity contribution in [2.24, 2.45) is 5.92 Å². The molecule has 1 atom stereocenters. The van der Waals surface area contributed by atoms with Crippen LogP contribution < -0.4 is 10.2 Å². The second kappa shape index (κ2) is 11.0. The van der Waals surface area contributed by atoms with E-state index in [9.17, 15) is 14.0 Å². The van der Waals surface area contributed by atoms with Gasteiger partial charge in [-0.1, -0.05) is 50.2 Å². The summed E-state index contributed by atoms with van der Waals surface area (Å²) >= 11 is 0. The first-order chi connectivity index (χ1) is 16.2. The molecule has 178 valence electrons. The highest BCUT2D eigenvalue weighted by Crippen LogP contribution is 2.30. The quantitative estimate of drug-likeness (QED) is 0.455. The molecular formula is C28H32FN3O2. The number of halogens is 1. The number of carbonyl (C=O) groups excluding carboxylic acids is 2. The lowest BCUT2D eigenvalue weighted by atomic mass is 10.0. The minimum atomic E-state index is -0.464. The van der Waals surface area contributed by atoms with Crippen molar-refractivity contribution >= 4 is 23.2 Å². The molecule has 0 aromatic heterocycles. The van der Waals surface area contributed by atoms with Crippen LogP contribution in [0, 0.1) is 11.7 Å². The highest BCUT2D eigenvalue weighted by atomic mass is 19.1. The van der Waals surface area contributed by atoms with Gasteiger partial charge in [0.15, 0.2) is 0 Å². The summed E-state index contributed by atoms with van der Waals surface area (Å²) in [5, 5.41) is 2.85. The first kappa shape index (κ1) is 25.0. The number of hydrogen-bond acceptors (Lipinski definition) is 3. The van der Waals surface area contributed by atoms with E-state index in [0.717, 1.165) is 16.8 Å². The molecule has 0 radical (unpaired) electrons. The number of anilines is 2. The zero-order chi connectivity index (χ0) is 24.8. The molecule has 0 bridgehead atoms. The predicted octanol–water partition coefficient (Wildman–Crippen LogP) is 5.89. The Kier molecular flexibility index (Phi) is 8.05. The van der Waals surface area contributed by atoms with Crippen molar-refractivity contribution < 1.29 is 14.0 Å². The van der Waals surface area contributed by atoms with Gasteiger partial charge in [0.05, 0.1) is 6.04 Å². The number of nitrogens with one attached hydrogen (secondary N) is 1. The number of hydrogen-bond donors (Lipinski definition) is 1. The fraction of sp³-hybridized carbons (Fsp3) is 0.286. The van der Waals surface area contributed by atoms with Gasteiger partial charge >= 0.3 is 0 Å². The van der Waals surface area contributed by atoms with Gasteiger partial charge < -0.3 is 15.1 Å². The average Bonchev–Trinajstić information content (AvgIpc) is 2.82. The Balaban J connectivity index is 1.94. The molecule has 1 N–H and O–H groups in total. The minimum Gasteiger partial charge on any atom is -0.377 e. The molecular weight excluding hydrogens is 429 g/mol. The summed E-state index contributed by atoms with van der Waals surface area (Å²) in [5.74, 6) is -0.968. The molecule has 2 amide bonds. The zero-order valence-corrected chi connectivity index (χ0v) is 20.4. The molecule has 5 nitrogen and oxygen atoms in total. The zero-order valence-electron chi connectivity index (χ0n) is 20.4. The fourth-order valence-corrected chi connectivity index (χ4v) is 3.89. The smallest absolute Gasteiger partial charge is 0.255 e. The summed E-state index contributed by atoms with van der Waals surface area (Å²) in [7, 11) is 3.89. The standard InChI is InChI=1S/C28H32FN3O2/c1-19(2)28(34)32(20(3)21-10-7-6-8-11-21)18-23-17-25(14-15-26(23)31(4)5)30-27(33)22-12-9-13-24(29)16-22/h6-17,19-20H,18H2,1-5H3,(H,30,33). The van der Waals surface area contributed by atoms with Crippen LogP contribution in [0.25, 0.3) is 0 Å². The van der Waals surface area contributed by atoms with Crippen LogP contribution in [0.1, 0.15) is 48.3 Å². The first-order valence-corrected chi connectivity index (χ1v) is 11.4. The van der Waals surface area contributed by atoms with E-state index < -0.39 is 11.7 Å². The van der Waals surface area contributed by atoms with E-state index in [-0.39, 0.29) is 23.4 Å². The van der Waals surface area contributed by atoms with Crippen LogP contribution in [0.4, 0.5) is 15.8 Å². The third kappa shape index (κ3) is 6.01. The average molecular weight is 462 g/mol. The Hall–Kier alpha value is -3.67. The summed E-state index contributed by atoms with van der Waals surface area (Å²) in [6, 6.07) is 21.0. The molecule has 3 rings (SSSR count). The Morgan fingerprint density at radius 3 is 2.24 bits per heavy atom. The number of benzene rings is 3. The largest absolute Gasteiger partial charge is 0.377 e. The second-order valence-corrected chi connectivity index (χ2v) is 8.91. The number of amides is 2. The van der Waals surface area contributed by atoms with E-state index in [0.29, 0.717) is 12.2 Å². The Labute approximate surface area is 201 Å². The van der Waals surface area contributed by atoms with Crippen molar-refractivity contribution in [2.75, 3.05) is 24.3 Å². The summed E-state index contributed by atoms with van der Waals surface area (Å²) in [5.41, 5.74) is 3.73. The van der Waals surface area contributed by atoms with Gasteiger partial charge in [-0.2, -0.15) is 0 Å². The summed E-state index contributed by atoms with van der Waals surface area (Å²) in [6.07, 6.45) is 0. The van der Waals surface area contributed by atoms with Crippen molar-refractivity contribution in [3.05, 3.63) is 95.3 Å². The fourth-order valence-electron chi connectivity index (χ4n) is 3.89. The molecule has 0 aliphatic rings. The Morgan fingerprint density at radius 2 is 1.62 bits per heavy atom. The molecule has 3 aromatic carbocycles. The minimum absolute atomic E-state index is 0.0512. The van der Waals surface area contributed by atoms with Crippen LogP contribution in [0.2, 0.25) is 0 Å². The lowest BCUT2D eigenvalue weighted by Gasteiger charge is -2.33. The highest BCUT2D eigenvalue weighted by molar-refractivity contribution is 6.04. The van der Waals surface area contributed by atoms with Gasteiger partial charge in [-0.3, -0.25) is 9.59 Å². The van der Waals surface area contributed by atoms with Crippen molar-refractivity contribution in [3.8, 4) is 0 Å². The molecule has 3 aromatic rings. The maximum Gasteiger partial charge on any atom is 0.255 e. The highest BCUT2D eigenvalue weighted by Gasteiger charge is 2.25. The normalized spacial score (nSPS) is 11.7. The molecule has 0 aliphatic carbocycles. The van der Waals surface area contributed by atoms with E-state index in [4.69, 9.17) is 0 Å². The number of nitrogens with zero attached hydrogens (tertiary/aromatic N) is 2. The van der Waals surface area contributed by atoms with E-state index >= 15 is 0 Å². The van der Waals surface area contributed by atoms with Gasteiger partial charge in [0.1, 0.15) is 5.82 Å². The molecule has 34 heavy (non-hydrogen) atoms. The van der Waals surface area contributed by atoms with Crippen LogP contribution in [0.15, 0.2) is 72.8 Å². The van der Waals surface area contributed by atoms with E-state index in [1.54, 1.807) is 6.07 Å². The van der Waals surface area contributed by atoms with E-state index in [1.165, 1.54) is 18.2 Å². The molecule has 6 heteroatoms. The monoisotopic (exact) mass is 461 g/mol. The molecule has 0 fully saturated rings. The third-order valence-electron chi connectivity index (χ3n) is 5.77. The Morgan fingerprint density at radius 1 is 0.912 bits per heavy atom. The van der Waals surface area contributed by atoms with Gasteiger partial charge in [0.25, 0.3) is 5.91 Å². The first-order valence-electron chi connectivity index (χ1n) is 11.4. The third-order valence-corrected chi connectivity index (χ3v) is 5.77. The van der Waals surface area contributed by atoms with Gasteiger partial charge in [0, 0.05) is 43.5 Å². The SMILES string of the molecule is CC(C)C(=O)N(Cc1cc(NC(=O)c2cccc(F)c2)ccc1N(C)C)C(C)c1ccccc1. The molecule has 0 saturated carbocycles. The number of rotatable bonds is 8. The Bertz CT molecular complexity index is 1150. The van der Waals surface area contributed by atoms with Crippen molar-refractivity contribution in [2.45, 2.75) is 33.4 Å².